The monoisotopic (exact) mass is 411 g/mol. The maximum atomic E-state index is 11.8. The minimum Gasteiger partial charge on any atom is -0.491 e. The van der Waals surface area contributed by atoms with Crippen LogP contribution < -0.4 is 4.74 Å². The van der Waals surface area contributed by atoms with Gasteiger partial charge in [-0.1, -0.05) is 18.6 Å². The Balaban J connectivity index is 1.26. The van der Waals surface area contributed by atoms with Crippen LogP contribution in [-0.4, -0.2) is 52.0 Å². The van der Waals surface area contributed by atoms with Crippen LogP contribution in [0.25, 0.3) is 0 Å². The zero-order chi connectivity index (χ0) is 20.6. The number of piperidine rings is 1. The Morgan fingerprint density at radius 3 is 2.73 bits per heavy atom. The molecule has 1 aromatic carbocycles. The molecule has 0 unspecified atom stereocenters. The van der Waals surface area contributed by atoms with E-state index in [1.165, 1.54) is 12.0 Å². The topological polar surface area (TPSA) is 59.8 Å². The van der Waals surface area contributed by atoms with Crippen LogP contribution in [0.1, 0.15) is 43.5 Å². The Hall–Kier alpha value is -1.89. The molecular weight excluding hydrogens is 378 g/mol. The van der Waals surface area contributed by atoms with Crippen LogP contribution in [0.2, 0.25) is 0 Å². The molecule has 3 fully saturated rings. The highest BCUT2D eigenvalue weighted by Gasteiger charge is 2.53. The molecule has 2 bridgehead atoms. The summed E-state index contributed by atoms with van der Waals surface area (Å²) in [5.74, 6) is 2.21. The Morgan fingerprint density at radius 2 is 2.03 bits per heavy atom. The maximum Gasteiger partial charge on any atom is 0.141 e. The molecule has 6 heteroatoms. The lowest BCUT2D eigenvalue weighted by Crippen LogP contribution is -2.58. The van der Waals surface area contributed by atoms with Gasteiger partial charge in [0.1, 0.15) is 23.8 Å². The first-order chi connectivity index (χ1) is 14.6. The normalized spacial score (nSPS) is 31.7. The van der Waals surface area contributed by atoms with E-state index in [4.69, 9.17) is 9.47 Å². The van der Waals surface area contributed by atoms with E-state index in [0.29, 0.717) is 6.61 Å². The number of ether oxygens (including phenoxy) is 2. The van der Waals surface area contributed by atoms with Crippen molar-refractivity contribution < 1.29 is 14.6 Å². The molecule has 5 rings (SSSR count). The molecule has 1 saturated carbocycles. The minimum absolute atomic E-state index is 0.227. The quantitative estimate of drug-likeness (QED) is 0.792. The highest BCUT2D eigenvalue weighted by molar-refractivity contribution is 5.29. The Bertz CT molecular complexity index is 847. The fraction of sp³-hybridized carbons (Fsp3) is 0.625. The van der Waals surface area contributed by atoms with Crippen molar-refractivity contribution in [2.24, 2.45) is 18.9 Å². The first-order valence-electron chi connectivity index (χ1n) is 11.4. The lowest BCUT2D eigenvalue weighted by Gasteiger charge is -2.52. The Kier molecular flexibility index (Phi) is 5.56. The van der Waals surface area contributed by atoms with E-state index in [9.17, 15) is 5.11 Å². The number of aliphatic hydroxyl groups is 1. The number of aryl methyl sites for hydroxylation is 1. The molecule has 3 atom stereocenters. The average molecular weight is 412 g/mol. The number of benzene rings is 1. The van der Waals surface area contributed by atoms with Gasteiger partial charge >= 0.3 is 0 Å². The molecule has 3 heterocycles. The number of hydrogen-bond acceptors (Lipinski definition) is 5. The summed E-state index contributed by atoms with van der Waals surface area (Å²) in [6.45, 7) is 4.19. The van der Waals surface area contributed by atoms with Gasteiger partial charge in [0.2, 0.25) is 0 Å². The molecule has 6 nitrogen and oxygen atoms in total. The van der Waals surface area contributed by atoms with Gasteiger partial charge in [-0.25, -0.2) is 4.98 Å². The van der Waals surface area contributed by atoms with Crippen LogP contribution >= 0.6 is 0 Å². The van der Waals surface area contributed by atoms with Gasteiger partial charge in [0.25, 0.3) is 0 Å². The van der Waals surface area contributed by atoms with Crippen LogP contribution in [0.3, 0.4) is 0 Å². The highest BCUT2D eigenvalue weighted by Crippen LogP contribution is 2.48. The molecule has 1 N–H and O–H groups in total. The van der Waals surface area contributed by atoms with Crippen LogP contribution in [0.15, 0.2) is 36.7 Å². The van der Waals surface area contributed by atoms with Gasteiger partial charge in [-0.3, -0.25) is 4.90 Å². The second-order valence-electron chi connectivity index (χ2n) is 9.30. The van der Waals surface area contributed by atoms with E-state index in [2.05, 4.69) is 28.1 Å². The Morgan fingerprint density at radius 1 is 1.20 bits per heavy atom. The Labute approximate surface area is 178 Å². The molecule has 0 radical (unpaired) electrons. The summed E-state index contributed by atoms with van der Waals surface area (Å²) < 4.78 is 13.7. The smallest absolute Gasteiger partial charge is 0.141 e. The van der Waals surface area contributed by atoms with Crippen molar-refractivity contribution in [2.75, 3.05) is 26.3 Å². The molecular formula is C24H33N3O3. The summed E-state index contributed by atoms with van der Waals surface area (Å²) >= 11 is 0. The number of likely N-dealkylation sites (tertiary alicyclic amines) is 1. The fourth-order valence-electron chi connectivity index (χ4n) is 5.75. The van der Waals surface area contributed by atoms with Gasteiger partial charge < -0.3 is 19.1 Å². The molecule has 3 aliphatic rings. The van der Waals surface area contributed by atoms with Crippen molar-refractivity contribution in [2.45, 2.75) is 50.4 Å². The van der Waals surface area contributed by atoms with Gasteiger partial charge in [-0.05, 0) is 43.4 Å². The first kappa shape index (κ1) is 20.0. The third kappa shape index (κ3) is 3.77. The lowest BCUT2D eigenvalue weighted by atomic mass is 9.65. The van der Waals surface area contributed by atoms with Crippen molar-refractivity contribution in [1.29, 1.82) is 0 Å². The molecule has 2 aliphatic heterocycles. The molecule has 30 heavy (non-hydrogen) atoms. The summed E-state index contributed by atoms with van der Waals surface area (Å²) in [5.41, 5.74) is 0.458. The second-order valence-corrected chi connectivity index (χ2v) is 9.30. The van der Waals surface area contributed by atoms with E-state index >= 15 is 0 Å². The lowest BCUT2D eigenvalue weighted by molar-refractivity contribution is -0.155. The van der Waals surface area contributed by atoms with Gasteiger partial charge in [0.05, 0.1) is 6.10 Å². The first-order valence-corrected chi connectivity index (χ1v) is 11.4. The molecule has 2 saturated heterocycles. The molecule has 0 amide bonds. The molecule has 162 valence electrons. The van der Waals surface area contributed by atoms with Gasteiger partial charge in [-0.15, -0.1) is 0 Å². The zero-order valence-corrected chi connectivity index (χ0v) is 17.9. The number of rotatable bonds is 6. The largest absolute Gasteiger partial charge is 0.491 e. The molecule has 0 spiro atoms. The van der Waals surface area contributed by atoms with Gasteiger partial charge in [0.15, 0.2) is 0 Å². The molecule has 1 aliphatic carbocycles. The van der Waals surface area contributed by atoms with E-state index in [0.717, 1.165) is 63.5 Å². The van der Waals surface area contributed by atoms with Crippen molar-refractivity contribution in [3.8, 4) is 5.75 Å². The SMILES string of the molecule is Cn1ccnc1C1(O)[C@H]2CCC[C@H]1CN(Cc1cccc(OC[C@@H]3CCCO3)c1)C2. The van der Waals surface area contributed by atoms with E-state index in [1.807, 2.05) is 23.9 Å². The van der Waals surface area contributed by atoms with E-state index < -0.39 is 5.60 Å². The summed E-state index contributed by atoms with van der Waals surface area (Å²) in [4.78, 5) is 7.04. The van der Waals surface area contributed by atoms with Crippen LogP contribution in [-0.2, 0) is 23.9 Å². The van der Waals surface area contributed by atoms with Crippen LogP contribution in [0, 0.1) is 11.8 Å². The number of imidazole rings is 1. The average Bonchev–Trinajstić information content (AvgIpc) is 3.39. The predicted molar refractivity (Wildman–Crippen MR) is 114 cm³/mol. The third-order valence-electron chi connectivity index (χ3n) is 7.25. The summed E-state index contributed by atoms with van der Waals surface area (Å²) in [6, 6.07) is 8.44. The van der Waals surface area contributed by atoms with Crippen molar-refractivity contribution >= 4 is 0 Å². The standard InChI is InChI=1S/C24H33N3O3/c1-26-11-10-25-23(26)24(28)19-6-3-7-20(24)16-27(15-19)14-18-5-2-8-21(13-18)30-17-22-9-4-12-29-22/h2,5,8,10-11,13,19-20,22,28H,3-4,6-7,9,12,14-17H2,1H3/t19-,20-,22-/m0/s1. The van der Waals surface area contributed by atoms with Gasteiger partial charge in [-0.2, -0.15) is 0 Å². The van der Waals surface area contributed by atoms with Crippen molar-refractivity contribution in [1.82, 2.24) is 14.5 Å². The van der Waals surface area contributed by atoms with Crippen molar-refractivity contribution in [3.63, 3.8) is 0 Å². The van der Waals surface area contributed by atoms with E-state index in [1.54, 1.807) is 6.20 Å². The molecule has 1 aromatic heterocycles. The number of nitrogens with zero attached hydrogens (tertiary/aromatic N) is 3. The summed E-state index contributed by atoms with van der Waals surface area (Å²) in [6.07, 6.45) is 9.52. The number of hydrogen-bond donors (Lipinski definition) is 1. The van der Waals surface area contributed by atoms with Crippen LogP contribution in [0.5, 0.6) is 5.75 Å². The third-order valence-corrected chi connectivity index (χ3v) is 7.25. The van der Waals surface area contributed by atoms with E-state index in [-0.39, 0.29) is 17.9 Å². The highest BCUT2D eigenvalue weighted by atomic mass is 16.5. The maximum absolute atomic E-state index is 11.8. The fourth-order valence-corrected chi connectivity index (χ4v) is 5.75. The molecule has 2 aromatic rings. The summed E-state index contributed by atoms with van der Waals surface area (Å²) in [7, 11) is 1.99. The number of fused-ring (bicyclic) bond motifs is 2. The zero-order valence-electron chi connectivity index (χ0n) is 17.9. The van der Waals surface area contributed by atoms with Gasteiger partial charge in [0, 0.05) is 57.5 Å². The van der Waals surface area contributed by atoms with Crippen LogP contribution in [0.4, 0.5) is 0 Å². The number of aromatic nitrogens is 2. The summed E-state index contributed by atoms with van der Waals surface area (Å²) in [5, 5.41) is 11.8. The van der Waals surface area contributed by atoms with Crippen molar-refractivity contribution in [3.05, 3.63) is 48.0 Å². The second kappa shape index (κ2) is 8.33. The predicted octanol–water partition coefficient (Wildman–Crippen LogP) is 3.10. The minimum atomic E-state index is -0.806.